The van der Waals surface area contributed by atoms with E-state index in [2.05, 4.69) is 10.0 Å². The van der Waals surface area contributed by atoms with Crippen LogP contribution in [0.4, 0.5) is 5.69 Å². The molecule has 0 aliphatic carbocycles. The number of amides is 3. The molecule has 3 heterocycles. The van der Waals surface area contributed by atoms with Gasteiger partial charge in [0.2, 0.25) is 11.8 Å². The number of anilines is 1. The number of benzene rings is 1. The fourth-order valence-electron chi connectivity index (χ4n) is 4.01. The van der Waals surface area contributed by atoms with Crippen LogP contribution in [-0.2, 0) is 31.1 Å². The molecule has 0 bridgehead atoms. The third-order valence-electron chi connectivity index (χ3n) is 5.51. The summed E-state index contributed by atoms with van der Waals surface area (Å²) in [5.41, 5.74) is 0.752. The summed E-state index contributed by atoms with van der Waals surface area (Å²) in [5, 5.41) is 2.26. The van der Waals surface area contributed by atoms with Crippen molar-refractivity contribution < 1.29 is 27.5 Å². The monoisotopic (exact) mass is 436 g/mol. The molecule has 3 amide bonds. The number of fused-ring (bicyclic) bond motifs is 1. The van der Waals surface area contributed by atoms with Crippen LogP contribution in [0.3, 0.4) is 0 Å². The third kappa shape index (κ3) is 3.92. The topological polar surface area (TPSA) is 125 Å². The van der Waals surface area contributed by atoms with Gasteiger partial charge in [-0.3, -0.25) is 24.4 Å². The van der Waals surface area contributed by atoms with Gasteiger partial charge in [0.05, 0.1) is 17.9 Å². The van der Waals surface area contributed by atoms with E-state index in [4.69, 9.17) is 4.74 Å². The number of nitrogens with zero attached hydrogens (tertiary/aromatic N) is 2. The average Bonchev–Trinajstić information content (AvgIpc) is 2.97. The van der Waals surface area contributed by atoms with Crippen molar-refractivity contribution in [3.05, 3.63) is 29.3 Å². The lowest BCUT2D eigenvalue weighted by atomic mass is 10.0. The summed E-state index contributed by atoms with van der Waals surface area (Å²) in [5.74, 6) is -1.18. The van der Waals surface area contributed by atoms with Crippen LogP contribution in [0.15, 0.2) is 18.2 Å². The summed E-state index contributed by atoms with van der Waals surface area (Å²) in [7, 11) is -3.81. The van der Waals surface area contributed by atoms with Gasteiger partial charge in [0.1, 0.15) is 6.04 Å². The molecule has 3 aliphatic rings. The van der Waals surface area contributed by atoms with E-state index in [1.54, 1.807) is 12.1 Å². The Hall–Kier alpha value is -2.50. The first kappa shape index (κ1) is 20.8. The van der Waals surface area contributed by atoms with Crippen molar-refractivity contribution in [3.63, 3.8) is 0 Å². The maximum absolute atomic E-state index is 12.9. The van der Waals surface area contributed by atoms with Crippen LogP contribution in [0.2, 0.25) is 0 Å². The predicted octanol–water partition coefficient (Wildman–Crippen LogP) is 0.215. The molecule has 0 spiro atoms. The highest BCUT2D eigenvalue weighted by Crippen LogP contribution is 2.30. The zero-order valence-corrected chi connectivity index (χ0v) is 17.6. The summed E-state index contributed by atoms with van der Waals surface area (Å²) in [6.07, 6.45) is 0.453. The Morgan fingerprint density at radius 2 is 2.00 bits per heavy atom. The first-order valence-electron chi connectivity index (χ1n) is 9.75. The Morgan fingerprint density at radius 1 is 1.23 bits per heavy atom. The fourth-order valence-corrected chi connectivity index (χ4v) is 5.36. The van der Waals surface area contributed by atoms with Crippen LogP contribution in [0.1, 0.15) is 42.6 Å². The van der Waals surface area contributed by atoms with Crippen LogP contribution < -0.4 is 10.0 Å². The molecule has 0 radical (unpaired) electrons. The van der Waals surface area contributed by atoms with E-state index >= 15 is 0 Å². The molecule has 10 nitrogen and oxygen atoms in total. The molecule has 0 aromatic heterocycles. The van der Waals surface area contributed by atoms with Gasteiger partial charge in [0.25, 0.3) is 5.91 Å². The molecule has 11 heteroatoms. The van der Waals surface area contributed by atoms with E-state index in [-0.39, 0.29) is 50.0 Å². The second-order valence-electron chi connectivity index (χ2n) is 8.32. The number of piperidine rings is 1. The van der Waals surface area contributed by atoms with E-state index in [0.717, 1.165) is 0 Å². The summed E-state index contributed by atoms with van der Waals surface area (Å²) in [6.45, 7) is 4.66. The van der Waals surface area contributed by atoms with Crippen LogP contribution in [0, 0.1) is 0 Å². The molecule has 2 saturated heterocycles. The van der Waals surface area contributed by atoms with Crippen LogP contribution in [-0.4, -0.2) is 66.7 Å². The fraction of sp³-hybridized carbons (Fsp3) is 0.526. The van der Waals surface area contributed by atoms with E-state index in [1.165, 1.54) is 15.3 Å². The Morgan fingerprint density at radius 3 is 2.70 bits per heavy atom. The molecule has 2 N–H and O–H groups in total. The molecule has 3 aliphatic heterocycles. The molecule has 0 saturated carbocycles. The standard InChI is InChI=1S/C19H24N4O6S/c1-19(2)11-22(7-8-29-19)30(27,28)21-13-4-3-12-10-23(18(26)14(12)9-13)15-5-6-16(24)20-17(15)25/h3-4,9,15,21H,5-8,10-11H2,1-2H3,(H,20,24,25). The van der Waals surface area contributed by atoms with E-state index in [0.29, 0.717) is 17.7 Å². The zero-order valence-electron chi connectivity index (χ0n) is 16.8. The minimum atomic E-state index is -3.81. The number of morpholine rings is 1. The lowest BCUT2D eigenvalue weighted by Gasteiger charge is -2.37. The quantitative estimate of drug-likeness (QED) is 0.651. The number of hydrogen-bond acceptors (Lipinski definition) is 6. The van der Waals surface area contributed by atoms with Crippen LogP contribution in [0.5, 0.6) is 0 Å². The Labute approximate surface area is 174 Å². The first-order chi connectivity index (χ1) is 14.1. The maximum Gasteiger partial charge on any atom is 0.301 e. The van der Waals surface area contributed by atoms with Crippen molar-refractivity contribution in [2.75, 3.05) is 24.4 Å². The number of ether oxygens (including phenoxy) is 1. The minimum Gasteiger partial charge on any atom is -0.373 e. The summed E-state index contributed by atoms with van der Waals surface area (Å²) < 4.78 is 35.0. The van der Waals surface area contributed by atoms with Crippen molar-refractivity contribution in [1.29, 1.82) is 0 Å². The normalized spacial score (nSPS) is 24.5. The molecule has 1 aromatic rings. The molecular formula is C19H24N4O6S. The molecule has 1 aromatic carbocycles. The van der Waals surface area contributed by atoms with Gasteiger partial charge in [-0.15, -0.1) is 0 Å². The largest absolute Gasteiger partial charge is 0.373 e. The van der Waals surface area contributed by atoms with Crippen LogP contribution >= 0.6 is 0 Å². The lowest BCUT2D eigenvalue weighted by Crippen LogP contribution is -2.52. The number of carbonyl (C=O) groups excluding carboxylic acids is 3. The highest BCUT2D eigenvalue weighted by Gasteiger charge is 2.39. The Kier molecular flexibility index (Phi) is 5.07. The predicted molar refractivity (Wildman–Crippen MR) is 107 cm³/mol. The average molecular weight is 436 g/mol. The molecule has 2 fully saturated rings. The van der Waals surface area contributed by atoms with E-state index in [1.807, 2.05) is 13.8 Å². The van der Waals surface area contributed by atoms with Gasteiger partial charge >= 0.3 is 10.2 Å². The van der Waals surface area contributed by atoms with Gasteiger partial charge in [0, 0.05) is 31.6 Å². The highest BCUT2D eigenvalue weighted by atomic mass is 32.2. The summed E-state index contributed by atoms with van der Waals surface area (Å²) in [6, 6.07) is 4.06. The number of nitrogens with one attached hydrogen (secondary N) is 2. The van der Waals surface area contributed by atoms with Crippen molar-refractivity contribution in [3.8, 4) is 0 Å². The van der Waals surface area contributed by atoms with Gasteiger partial charge in [-0.05, 0) is 38.0 Å². The number of hydrogen-bond donors (Lipinski definition) is 2. The van der Waals surface area contributed by atoms with Crippen molar-refractivity contribution in [2.45, 2.75) is 44.9 Å². The molecule has 1 unspecified atom stereocenters. The zero-order chi connectivity index (χ0) is 21.7. The SMILES string of the molecule is CC1(C)CN(S(=O)(=O)Nc2ccc3c(c2)C(=O)N(C2CCC(=O)NC2=O)C3)CCO1. The first-order valence-corrected chi connectivity index (χ1v) is 11.2. The maximum atomic E-state index is 12.9. The minimum absolute atomic E-state index is 0.178. The Bertz CT molecular complexity index is 1020. The number of imide groups is 1. The second kappa shape index (κ2) is 7.33. The van der Waals surface area contributed by atoms with Gasteiger partial charge in [0.15, 0.2) is 0 Å². The molecule has 1 atom stereocenters. The van der Waals surface area contributed by atoms with Crippen molar-refractivity contribution >= 4 is 33.6 Å². The molecule has 162 valence electrons. The van der Waals surface area contributed by atoms with Gasteiger partial charge in [-0.2, -0.15) is 12.7 Å². The third-order valence-corrected chi connectivity index (χ3v) is 6.99. The molecule has 4 rings (SSSR count). The summed E-state index contributed by atoms with van der Waals surface area (Å²) in [4.78, 5) is 37.8. The van der Waals surface area contributed by atoms with E-state index < -0.39 is 27.8 Å². The molecule has 30 heavy (non-hydrogen) atoms. The number of rotatable bonds is 4. The highest BCUT2D eigenvalue weighted by molar-refractivity contribution is 7.90. The van der Waals surface area contributed by atoms with Crippen LogP contribution in [0.25, 0.3) is 0 Å². The van der Waals surface area contributed by atoms with Crippen molar-refractivity contribution in [2.24, 2.45) is 0 Å². The van der Waals surface area contributed by atoms with Gasteiger partial charge in [-0.25, -0.2) is 0 Å². The lowest BCUT2D eigenvalue weighted by molar-refractivity contribution is -0.136. The van der Waals surface area contributed by atoms with Gasteiger partial charge < -0.3 is 9.64 Å². The van der Waals surface area contributed by atoms with Crippen molar-refractivity contribution in [1.82, 2.24) is 14.5 Å². The van der Waals surface area contributed by atoms with Gasteiger partial charge in [-0.1, -0.05) is 6.07 Å². The smallest absolute Gasteiger partial charge is 0.301 e. The molecular weight excluding hydrogens is 412 g/mol. The second-order valence-corrected chi connectivity index (χ2v) is 9.99. The Balaban J connectivity index is 1.51. The number of carbonyl (C=O) groups is 3. The summed E-state index contributed by atoms with van der Waals surface area (Å²) >= 11 is 0. The van der Waals surface area contributed by atoms with E-state index in [9.17, 15) is 22.8 Å².